The molecule has 158 valence electrons. The van der Waals surface area contributed by atoms with E-state index in [2.05, 4.69) is 115 Å². The molecular weight excluding hydrogens is 412 g/mol. The van der Waals surface area contributed by atoms with Gasteiger partial charge < -0.3 is 0 Å². The molecule has 7 aromatic rings. The summed E-state index contributed by atoms with van der Waals surface area (Å²) in [5.41, 5.74) is 5.81. The van der Waals surface area contributed by atoms with E-state index in [1.807, 2.05) is 6.07 Å². The standard InChI is InChI=1S/C32H20N2/c1-2-10-22(11-3-1)31-32(28-16-8-14-21-9-6-7-15-27(21)28)34-30-20-26-18-24-13-5-4-12-23(24)17-25(26)19-29(30)33-31/h1-20H. The van der Waals surface area contributed by atoms with E-state index in [1.54, 1.807) is 0 Å². The Bertz CT molecular complexity index is 1850. The lowest BCUT2D eigenvalue weighted by molar-refractivity contribution is 1.30. The van der Waals surface area contributed by atoms with Crippen molar-refractivity contribution in [3.05, 3.63) is 121 Å². The van der Waals surface area contributed by atoms with Crippen LogP contribution >= 0.6 is 0 Å². The molecule has 0 saturated heterocycles. The zero-order valence-electron chi connectivity index (χ0n) is 18.4. The van der Waals surface area contributed by atoms with Gasteiger partial charge in [0.2, 0.25) is 0 Å². The lowest BCUT2D eigenvalue weighted by Gasteiger charge is -2.13. The summed E-state index contributed by atoms with van der Waals surface area (Å²) in [6.07, 6.45) is 0. The van der Waals surface area contributed by atoms with Crippen LogP contribution in [0.4, 0.5) is 0 Å². The van der Waals surface area contributed by atoms with Crippen LogP contribution in [0.3, 0.4) is 0 Å². The molecule has 0 amide bonds. The van der Waals surface area contributed by atoms with E-state index < -0.39 is 0 Å². The van der Waals surface area contributed by atoms with Gasteiger partial charge in [0.05, 0.1) is 22.4 Å². The van der Waals surface area contributed by atoms with E-state index in [0.29, 0.717) is 0 Å². The van der Waals surface area contributed by atoms with Crippen molar-refractivity contribution in [3.8, 4) is 22.5 Å². The number of aromatic nitrogens is 2. The third-order valence-electron chi connectivity index (χ3n) is 6.58. The van der Waals surface area contributed by atoms with Gasteiger partial charge in [0.15, 0.2) is 0 Å². The average Bonchev–Trinajstić information content (AvgIpc) is 2.90. The van der Waals surface area contributed by atoms with Crippen molar-refractivity contribution in [2.24, 2.45) is 0 Å². The second kappa shape index (κ2) is 7.50. The predicted molar refractivity (Wildman–Crippen MR) is 143 cm³/mol. The summed E-state index contributed by atoms with van der Waals surface area (Å²) < 4.78 is 0. The van der Waals surface area contributed by atoms with Gasteiger partial charge in [-0.25, -0.2) is 9.97 Å². The first-order chi connectivity index (χ1) is 16.8. The molecule has 7 rings (SSSR count). The van der Waals surface area contributed by atoms with Gasteiger partial charge in [0.25, 0.3) is 0 Å². The summed E-state index contributed by atoms with van der Waals surface area (Å²) >= 11 is 0. The molecule has 1 aromatic heterocycles. The highest BCUT2D eigenvalue weighted by atomic mass is 14.8. The monoisotopic (exact) mass is 432 g/mol. The summed E-state index contributed by atoms with van der Waals surface area (Å²) in [6, 6.07) is 42.6. The maximum absolute atomic E-state index is 5.24. The first-order valence-corrected chi connectivity index (χ1v) is 11.5. The molecule has 0 radical (unpaired) electrons. The Labute approximate surface area is 197 Å². The van der Waals surface area contributed by atoms with Crippen molar-refractivity contribution in [1.82, 2.24) is 9.97 Å². The van der Waals surface area contributed by atoms with Gasteiger partial charge in [-0.05, 0) is 56.6 Å². The molecule has 1 heterocycles. The van der Waals surface area contributed by atoms with Crippen LogP contribution in [0.5, 0.6) is 0 Å². The largest absolute Gasteiger partial charge is 0.244 e. The highest BCUT2D eigenvalue weighted by Gasteiger charge is 2.16. The highest BCUT2D eigenvalue weighted by molar-refractivity contribution is 6.05. The Kier molecular flexibility index (Phi) is 4.18. The quantitative estimate of drug-likeness (QED) is 0.256. The van der Waals surface area contributed by atoms with Crippen molar-refractivity contribution < 1.29 is 0 Å². The van der Waals surface area contributed by atoms with Crippen molar-refractivity contribution in [2.45, 2.75) is 0 Å². The number of rotatable bonds is 2. The van der Waals surface area contributed by atoms with Crippen molar-refractivity contribution >= 4 is 43.4 Å². The summed E-state index contributed by atoms with van der Waals surface area (Å²) in [4.78, 5) is 10.4. The Balaban J connectivity index is 1.57. The minimum atomic E-state index is 0.907. The molecule has 0 fully saturated rings. The molecule has 0 atom stereocenters. The van der Waals surface area contributed by atoms with Crippen LogP contribution in [0.25, 0.3) is 65.9 Å². The van der Waals surface area contributed by atoms with Gasteiger partial charge in [0, 0.05) is 11.1 Å². The van der Waals surface area contributed by atoms with Crippen LogP contribution in [0.2, 0.25) is 0 Å². The van der Waals surface area contributed by atoms with Crippen LogP contribution < -0.4 is 0 Å². The molecule has 0 aliphatic rings. The minimum absolute atomic E-state index is 0.907. The van der Waals surface area contributed by atoms with E-state index in [-0.39, 0.29) is 0 Å². The number of nitrogens with zero attached hydrogens (tertiary/aromatic N) is 2. The summed E-state index contributed by atoms with van der Waals surface area (Å²) in [6.45, 7) is 0. The Morgan fingerprint density at radius 3 is 1.65 bits per heavy atom. The smallest absolute Gasteiger partial charge is 0.0979 e. The second-order valence-corrected chi connectivity index (χ2v) is 8.70. The second-order valence-electron chi connectivity index (χ2n) is 8.70. The molecule has 0 bridgehead atoms. The maximum atomic E-state index is 5.24. The van der Waals surface area contributed by atoms with Crippen LogP contribution in [-0.4, -0.2) is 9.97 Å². The lowest BCUT2D eigenvalue weighted by atomic mass is 9.97. The fourth-order valence-corrected chi connectivity index (χ4v) is 4.91. The minimum Gasteiger partial charge on any atom is -0.244 e. The van der Waals surface area contributed by atoms with E-state index >= 15 is 0 Å². The van der Waals surface area contributed by atoms with Crippen LogP contribution in [0.15, 0.2) is 121 Å². The number of fused-ring (bicyclic) bond motifs is 4. The molecule has 0 aliphatic heterocycles. The topological polar surface area (TPSA) is 25.8 Å². The van der Waals surface area contributed by atoms with Crippen molar-refractivity contribution in [1.29, 1.82) is 0 Å². The van der Waals surface area contributed by atoms with Crippen molar-refractivity contribution in [2.75, 3.05) is 0 Å². The van der Waals surface area contributed by atoms with Gasteiger partial charge in [-0.3, -0.25) is 0 Å². The zero-order valence-corrected chi connectivity index (χ0v) is 18.4. The Morgan fingerprint density at radius 1 is 0.382 bits per heavy atom. The third-order valence-corrected chi connectivity index (χ3v) is 6.58. The molecule has 0 N–H and O–H groups in total. The summed E-state index contributed by atoms with van der Waals surface area (Å²) in [5.74, 6) is 0. The average molecular weight is 433 g/mol. The van der Waals surface area contributed by atoms with E-state index in [9.17, 15) is 0 Å². The molecular formula is C32H20N2. The van der Waals surface area contributed by atoms with E-state index in [1.165, 1.54) is 32.3 Å². The first kappa shape index (κ1) is 19.0. The van der Waals surface area contributed by atoms with Crippen molar-refractivity contribution in [3.63, 3.8) is 0 Å². The SMILES string of the molecule is c1ccc(-c2nc3cc4cc5ccccc5cc4cc3nc2-c2cccc3ccccc23)cc1. The van der Waals surface area contributed by atoms with Crippen LogP contribution in [-0.2, 0) is 0 Å². The first-order valence-electron chi connectivity index (χ1n) is 11.5. The molecule has 2 nitrogen and oxygen atoms in total. The predicted octanol–water partition coefficient (Wildman–Crippen LogP) is 8.42. The van der Waals surface area contributed by atoms with Gasteiger partial charge in [-0.2, -0.15) is 0 Å². The van der Waals surface area contributed by atoms with Gasteiger partial charge in [0.1, 0.15) is 0 Å². The van der Waals surface area contributed by atoms with Gasteiger partial charge in [-0.1, -0.05) is 97.1 Å². The fraction of sp³-hybridized carbons (Fsp3) is 0. The van der Waals surface area contributed by atoms with Crippen LogP contribution in [0, 0.1) is 0 Å². The molecule has 34 heavy (non-hydrogen) atoms. The van der Waals surface area contributed by atoms with Gasteiger partial charge >= 0.3 is 0 Å². The third kappa shape index (κ3) is 3.04. The fourth-order valence-electron chi connectivity index (χ4n) is 4.91. The van der Waals surface area contributed by atoms with E-state index in [4.69, 9.17) is 9.97 Å². The number of benzene rings is 6. The van der Waals surface area contributed by atoms with Gasteiger partial charge in [-0.15, -0.1) is 0 Å². The molecule has 6 aromatic carbocycles. The normalized spacial score (nSPS) is 11.5. The highest BCUT2D eigenvalue weighted by Crippen LogP contribution is 2.36. The number of hydrogen-bond donors (Lipinski definition) is 0. The molecule has 2 heteroatoms. The summed E-state index contributed by atoms with van der Waals surface area (Å²) in [5, 5.41) is 7.21. The Morgan fingerprint density at radius 2 is 0.941 bits per heavy atom. The molecule has 0 spiro atoms. The molecule has 0 aliphatic carbocycles. The molecule has 0 unspecified atom stereocenters. The maximum Gasteiger partial charge on any atom is 0.0979 e. The Hall–Kier alpha value is -4.56. The van der Waals surface area contributed by atoms with Crippen LogP contribution in [0.1, 0.15) is 0 Å². The van der Waals surface area contributed by atoms with E-state index in [0.717, 1.165) is 33.5 Å². The summed E-state index contributed by atoms with van der Waals surface area (Å²) in [7, 11) is 0. The number of hydrogen-bond acceptors (Lipinski definition) is 2. The zero-order chi connectivity index (χ0) is 22.5. The lowest BCUT2D eigenvalue weighted by Crippen LogP contribution is -1.96. The molecule has 0 saturated carbocycles.